The van der Waals surface area contributed by atoms with Gasteiger partial charge in [0.25, 0.3) is 5.56 Å². The maximum Gasteiger partial charge on any atom is 0.325 e. The van der Waals surface area contributed by atoms with Gasteiger partial charge in [0.2, 0.25) is 10.0 Å². The summed E-state index contributed by atoms with van der Waals surface area (Å²) < 4.78 is 26.7. The van der Waals surface area contributed by atoms with Gasteiger partial charge in [-0.2, -0.15) is 4.31 Å². The molecule has 2 N–H and O–H groups in total. The highest BCUT2D eigenvalue weighted by molar-refractivity contribution is 7.89. The van der Waals surface area contributed by atoms with E-state index in [4.69, 9.17) is 0 Å². The van der Waals surface area contributed by atoms with Gasteiger partial charge < -0.3 is 4.98 Å². The smallest absolute Gasteiger partial charge is 0.311 e. The zero-order chi connectivity index (χ0) is 16.6. The first-order chi connectivity index (χ1) is 10.9. The van der Waals surface area contributed by atoms with Crippen molar-refractivity contribution in [1.29, 1.82) is 0 Å². The zero-order valence-electron chi connectivity index (χ0n) is 12.6. The molecule has 1 atom stereocenters. The second-order valence-corrected chi connectivity index (χ2v) is 7.64. The molecule has 122 valence electrons. The van der Waals surface area contributed by atoms with Crippen molar-refractivity contribution < 1.29 is 8.42 Å². The molecule has 1 fully saturated rings. The van der Waals surface area contributed by atoms with Crippen molar-refractivity contribution in [3.63, 3.8) is 0 Å². The van der Waals surface area contributed by atoms with E-state index in [-0.39, 0.29) is 17.4 Å². The summed E-state index contributed by atoms with van der Waals surface area (Å²) >= 11 is 0. The molecule has 3 rings (SSSR count). The molecule has 0 amide bonds. The number of rotatable bonds is 3. The van der Waals surface area contributed by atoms with E-state index in [2.05, 4.69) is 9.97 Å². The third kappa shape index (κ3) is 3.13. The molecule has 0 spiro atoms. The van der Waals surface area contributed by atoms with Crippen LogP contribution in [-0.4, -0.2) is 35.8 Å². The SMILES string of the molecule is Cc1ccc(S(=O)(=O)N2CCC(c3cc(=O)[nH]c(=O)[nH]3)C2)cc1. The van der Waals surface area contributed by atoms with Crippen molar-refractivity contribution >= 4 is 10.0 Å². The number of nitrogens with one attached hydrogen (secondary N) is 2. The molecule has 1 aliphatic heterocycles. The van der Waals surface area contributed by atoms with E-state index in [0.29, 0.717) is 18.7 Å². The molecule has 0 bridgehead atoms. The summed E-state index contributed by atoms with van der Waals surface area (Å²) in [7, 11) is -3.56. The van der Waals surface area contributed by atoms with Crippen LogP contribution in [0.3, 0.4) is 0 Å². The van der Waals surface area contributed by atoms with Gasteiger partial charge in [0.1, 0.15) is 0 Å². The fraction of sp³-hybridized carbons (Fsp3) is 0.333. The molecule has 1 aliphatic rings. The van der Waals surface area contributed by atoms with Crippen molar-refractivity contribution in [1.82, 2.24) is 14.3 Å². The third-order valence-electron chi connectivity index (χ3n) is 4.03. The van der Waals surface area contributed by atoms with Crippen LogP contribution in [0.1, 0.15) is 23.6 Å². The van der Waals surface area contributed by atoms with Gasteiger partial charge in [-0.3, -0.25) is 9.78 Å². The highest BCUT2D eigenvalue weighted by atomic mass is 32.2. The molecule has 2 aromatic rings. The van der Waals surface area contributed by atoms with E-state index in [9.17, 15) is 18.0 Å². The van der Waals surface area contributed by atoms with E-state index in [1.807, 2.05) is 6.92 Å². The minimum atomic E-state index is -3.56. The highest BCUT2D eigenvalue weighted by Crippen LogP contribution is 2.29. The Kier molecular flexibility index (Phi) is 3.95. The molecule has 1 aromatic heterocycles. The minimum Gasteiger partial charge on any atom is -0.311 e. The lowest BCUT2D eigenvalue weighted by Crippen LogP contribution is -2.29. The number of benzene rings is 1. The quantitative estimate of drug-likeness (QED) is 0.855. The number of nitrogens with zero attached hydrogens (tertiary/aromatic N) is 1. The first kappa shape index (κ1) is 15.7. The monoisotopic (exact) mass is 335 g/mol. The van der Waals surface area contributed by atoms with E-state index in [1.54, 1.807) is 24.3 Å². The van der Waals surface area contributed by atoms with Crippen molar-refractivity contribution in [2.45, 2.75) is 24.2 Å². The average molecular weight is 335 g/mol. The fourth-order valence-electron chi connectivity index (χ4n) is 2.77. The maximum atomic E-state index is 12.6. The number of hydrogen-bond acceptors (Lipinski definition) is 4. The topological polar surface area (TPSA) is 103 Å². The van der Waals surface area contributed by atoms with E-state index < -0.39 is 21.3 Å². The number of aromatic amines is 2. The number of aryl methyl sites for hydroxylation is 1. The Morgan fingerprint density at radius 2 is 1.83 bits per heavy atom. The molecule has 1 unspecified atom stereocenters. The summed E-state index contributed by atoms with van der Waals surface area (Å²) in [5, 5.41) is 0. The second kappa shape index (κ2) is 5.78. The van der Waals surface area contributed by atoms with Crippen LogP contribution < -0.4 is 11.2 Å². The molecule has 23 heavy (non-hydrogen) atoms. The van der Waals surface area contributed by atoms with Crippen LogP contribution >= 0.6 is 0 Å². The Balaban J connectivity index is 1.85. The fourth-order valence-corrected chi connectivity index (χ4v) is 4.27. The molecule has 2 heterocycles. The van der Waals surface area contributed by atoms with E-state index in [1.165, 1.54) is 10.4 Å². The zero-order valence-corrected chi connectivity index (χ0v) is 13.4. The highest BCUT2D eigenvalue weighted by Gasteiger charge is 2.33. The lowest BCUT2D eigenvalue weighted by molar-refractivity contribution is 0.472. The Hall–Kier alpha value is -2.19. The van der Waals surface area contributed by atoms with Crippen molar-refractivity contribution in [3.05, 3.63) is 62.4 Å². The molecular weight excluding hydrogens is 318 g/mol. The van der Waals surface area contributed by atoms with Gasteiger partial charge in [-0.1, -0.05) is 17.7 Å². The average Bonchev–Trinajstić information content (AvgIpc) is 2.97. The van der Waals surface area contributed by atoms with Crippen LogP contribution in [0, 0.1) is 6.92 Å². The van der Waals surface area contributed by atoms with Crippen LogP contribution in [-0.2, 0) is 10.0 Å². The second-order valence-electron chi connectivity index (χ2n) is 5.70. The van der Waals surface area contributed by atoms with Gasteiger partial charge in [-0.15, -0.1) is 0 Å². The summed E-state index contributed by atoms with van der Waals surface area (Å²) in [5.74, 6) is -0.190. The standard InChI is InChI=1S/C15H17N3O4S/c1-10-2-4-12(5-3-10)23(21,22)18-7-6-11(9-18)13-8-14(19)17-15(20)16-13/h2-5,8,11H,6-7,9H2,1H3,(H2,16,17,19,20). The molecule has 0 saturated carbocycles. The number of sulfonamides is 1. The minimum absolute atomic E-state index is 0.190. The van der Waals surface area contributed by atoms with Crippen LogP contribution in [0.2, 0.25) is 0 Å². The predicted octanol–water partition coefficient (Wildman–Crippen LogP) is 0.550. The van der Waals surface area contributed by atoms with Crippen LogP contribution in [0.4, 0.5) is 0 Å². The third-order valence-corrected chi connectivity index (χ3v) is 5.91. The Labute approximate surface area is 133 Å². The van der Waals surface area contributed by atoms with Crippen LogP contribution in [0.5, 0.6) is 0 Å². The van der Waals surface area contributed by atoms with E-state index >= 15 is 0 Å². The molecule has 1 aromatic carbocycles. The Morgan fingerprint density at radius 1 is 1.13 bits per heavy atom. The van der Waals surface area contributed by atoms with Gasteiger partial charge in [-0.05, 0) is 25.5 Å². The normalized spacial score (nSPS) is 19.1. The molecule has 1 saturated heterocycles. The lowest BCUT2D eigenvalue weighted by atomic mass is 10.1. The van der Waals surface area contributed by atoms with Crippen molar-refractivity contribution in [3.8, 4) is 0 Å². The molecule has 0 aliphatic carbocycles. The summed E-state index contributed by atoms with van der Waals surface area (Å²) in [6.45, 7) is 2.50. The van der Waals surface area contributed by atoms with Gasteiger partial charge in [0.15, 0.2) is 0 Å². The summed E-state index contributed by atoms with van der Waals surface area (Å²) in [6, 6.07) is 8.01. The van der Waals surface area contributed by atoms with Gasteiger partial charge >= 0.3 is 5.69 Å². The summed E-state index contributed by atoms with van der Waals surface area (Å²) in [4.78, 5) is 27.7. The predicted molar refractivity (Wildman–Crippen MR) is 85.0 cm³/mol. The molecule has 8 heteroatoms. The maximum absolute atomic E-state index is 12.6. The summed E-state index contributed by atoms with van der Waals surface area (Å²) in [6.07, 6.45) is 0.560. The first-order valence-electron chi connectivity index (χ1n) is 7.26. The van der Waals surface area contributed by atoms with Crippen LogP contribution in [0.15, 0.2) is 44.8 Å². The van der Waals surface area contributed by atoms with Crippen LogP contribution in [0.25, 0.3) is 0 Å². The van der Waals surface area contributed by atoms with E-state index in [0.717, 1.165) is 5.56 Å². The summed E-state index contributed by atoms with van der Waals surface area (Å²) in [5.41, 5.74) is 0.403. The Bertz CT molecular complexity index is 900. The van der Waals surface area contributed by atoms with Crippen molar-refractivity contribution in [2.75, 3.05) is 13.1 Å². The van der Waals surface area contributed by atoms with Crippen molar-refractivity contribution in [2.24, 2.45) is 0 Å². The molecule has 7 nitrogen and oxygen atoms in total. The number of aromatic nitrogens is 2. The van der Waals surface area contributed by atoms with Gasteiger partial charge in [-0.25, -0.2) is 13.2 Å². The first-order valence-corrected chi connectivity index (χ1v) is 8.70. The molecule has 0 radical (unpaired) electrons. The Morgan fingerprint density at radius 3 is 2.48 bits per heavy atom. The largest absolute Gasteiger partial charge is 0.325 e. The van der Waals surface area contributed by atoms with Gasteiger partial charge in [0.05, 0.1) is 4.90 Å². The molecular formula is C15H17N3O4S. The number of hydrogen-bond donors (Lipinski definition) is 2. The number of H-pyrrole nitrogens is 2. The van der Waals surface area contributed by atoms with Gasteiger partial charge in [0, 0.05) is 30.8 Å². The lowest BCUT2D eigenvalue weighted by Gasteiger charge is -2.16.